The average molecular weight is 387 g/mol. The van der Waals surface area contributed by atoms with Crippen molar-refractivity contribution in [2.75, 3.05) is 13.2 Å². The summed E-state index contributed by atoms with van der Waals surface area (Å²) < 4.78 is 11.2. The molecule has 4 nitrogen and oxygen atoms in total. The van der Waals surface area contributed by atoms with Crippen LogP contribution in [-0.2, 0) is 4.79 Å². The molecule has 0 unspecified atom stereocenters. The lowest BCUT2D eigenvalue weighted by atomic mass is 9.88. The van der Waals surface area contributed by atoms with Gasteiger partial charge >= 0.3 is 0 Å². The molecule has 0 saturated carbocycles. The molecule has 1 aliphatic heterocycles. The highest BCUT2D eigenvalue weighted by Gasteiger charge is 2.20. The van der Waals surface area contributed by atoms with Crippen molar-refractivity contribution in [2.24, 2.45) is 0 Å². The molecule has 29 heavy (non-hydrogen) atoms. The topological polar surface area (TPSA) is 47.6 Å². The molecule has 1 aliphatic rings. The zero-order valence-electron chi connectivity index (χ0n) is 16.5. The number of benzene rings is 3. The highest BCUT2D eigenvalue weighted by molar-refractivity contribution is 5.78. The lowest BCUT2D eigenvalue weighted by molar-refractivity contribution is -0.121. The number of fused-ring (bicyclic) bond motifs is 1. The van der Waals surface area contributed by atoms with Crippen LogP contribution in [0.25, 0.3) is 0 Å². The van der Waals surface area contributed by atoms with Crippen LogP contribution in [0.1, 0.15) is 42.0 Å². The predicted octanol–water partition coefficient (Wildman–Crippen LogP) is 4.86. The first-order chi connectivity index (χ1) is 14.2. The Morgan fingerprint density at radius 2 is 1.41 bits per heavy atom. The first kappa shape index (κ1) is 19.1. The Labute approximate surface area is 171 Å². The number of ether oxygens (including phenoxy) is 2. The van der Waals surface area contributed by atoms with Crippen molar-refractivity contribution in [3.8, 4) is 11.5 Å². The minimum absolute atomic E-state index is 0.0184. The third-order valence-electron chi connectivity index (χ3n) is 5.24. The number of hydrogen-bond acceptors (Lipinski definition) is 3. The fraction of sp³-hybridized carbons (Fsp3) is 0.240. The van der Waals surface area contributed by atoms with E-state index in [1.807, 2.05) is 61.5 Å². The standard InChI is InChI=1S/C25H25NO3/c1-18(21-12-13-23-24(16-21)29-15-14-28-23)26-25(27)17-22(19-8-4-2-5-9-19)20-10-6-3-7-11-20/h2-13,16,18,22H,14-15,17H2,1H3,(H,26,27)/t18-/m1/s1. The molecule has 1 atom stereocenters. The Hall–Kier alpha value is -3.27. The Kier molecular flexibility index (Phi) is 5.80. The zero-order valence-corrected chi connectivity index (χ0v) is 16.5. The maximum Gasteiger partial charge on any atom is 0.221 e. The molecule has 0 fully saturated rings. The number of amides is 1. The zero-order chi connectivity index (χ0) is 20.1. The summed E-state index contributed by atoms with van der Waals surface area (Å²) in [7, 11) is 0. The van der Waals surface area contributed by atoms with Gasteiger partial charge in [-0.1, -0.05) is 66.7 Å². The second-order valence-corrected chi connectivity index (χ2v) is 7.27. The van der Waals surface area contributed by atoms with E-state index in [9.17, 15) is 4.79 Å². The second-order valence-electron chi connectivity index (χ2n) is 7.27. The van der Waals surface area contributed by atoms with Gasteiger partial charge in [0.05, 0.1) is 6.04 Å². The van der Waals surface area contributed by atoms with E-state index in [1.54, 1.807) is 0 Å². The van der Waals surface area contributed by atoms with E-state index in [1.165, 1.54) is 0 Å². The summed E-state index contributed by atoms with van der Waals surface area (Å²) in [4.78, 5) is 12.9. The monoisotopic (exact) mass is 387 g/mol. The Morgan fingerprint density at radius 3 is 2.03 bits per heavy atom. The fourth-order valence-corrected chi connectivity index (χ4v) is 3.70. The van der Waals surface area contributed by atoms with Gasteiger partial charge in [0.15, 0.2) is 11.5 Å². The lowest BCUT2D eigenvalue weighted by Gasteiger charge is -2.22. The highest BCUT2D eigenvalue weighted by atomic mass is 16.6. The van der Waals surface area contributed by atoms with Crippen LogP contribution in [0.2, 0.25) is 0 Å². The minimum atomic E-state index is -0.120. The van der Waals surface area contributed by atoms with Crippen LogP contribution in [0.4, 0.5) is 0 Å². The van der Waals surface area contributed by atoms with Gasteiger partial charge in [-0.3, -0.25) is 4.79 Å². The maximum absolute atomic E-state index is 12.9. The fourth-order valence-electron chi connectivity index (χ4n) is 3.70. The number of rotatable bonds is 6. The van der Waals surface area contributed by atoms with Crippen molar-refractivity contribution < 1.29 is 14.3 Å². The summed E-state index contributed by atoms with van der Waals surface area (Å²) in [5.41, 5.74) is 3.28. The Balaban J connectivity index is 1.48. The summed E-state index contributed by atoms with van der Waals surface area (Å²) in [5.74, 6) is 1.53. The van der Waals surface area contributed by atoms with E-state index in [0.29, 0.717) is 19.6 Å². The molecule has 0 bridgehead atoms. The van der Waals surface area contributed by atoms with Gasteiger partial charge in [-0.05, 0) is 35.7 Å². The molecule has 0 aromatic heterocycles. The van der Waals surface area contributed by atoms with Crippen LogP contribution in [0.5, 0.6) is 11.5 Å². The van der Waals surface area contributed by atoms with Crippen LogP contribution in [-0.4, -0.2) is 19.1 Å². The summed E-state index contributed by atoms with van der Waals surface area (Å²) in [6, 6.07) is 26.1. The molecular formula is C25H25NO3. The second kappa shape index (κ2) is 8.82. The van der Waals surface area contributed by atoms with Gasteiger partial charge < -0.3 is 14.8 Å². The van der Waals surface area contributed by atoms with Gasteiger partial charge in [-0.25, -0.2) is 0 Å². The molecule has 1 amide bonds. The number of hydrogen-bond donors (Lipinski definition) is 1. The highest BCUT2D eigenvalue weighted by Crippen LogP contribution is 2.33. The van der Waals surface area contributed by atoms with Gasteiger partial charge in [-0.2, -0.15) is 0 Å². The molecule has 1 heterocycles. The predicted molar refractivity (Wildman–Crippen MR) is 113 cm³/mol. The summed E-state index contributed by atoms with van der Waals surface area (Å²) in [6.45, 7) is 3.11. The normalized spacial score (nSPS) is 13.7. The lowest BCUT2D eigenvalue weighted by Crippen LogP contribution is -2.28. The molecule has 0 spiro atoms. The van der Waals surface area contributed by atoms with E-state index in [-0.39, 0.29) is 17.9 Å². The Bertz CT molecular complexity index is 917. The molecule has 3 aromatic rings. The molecule has 3 aromatic carbocycles. The molecular weight excluding hydrogens is 362 g/mol. The van der Waals surface area contributed by atoms with Crippen LogP contribution >= 0.6 is 0 Å². The first-order valence-electron chi connectivity index (χ1n) is 9.99. The van der Waals surface area contributed by atoms with Crippen molar-refractivity contribution in [3.63, 3.8) is 0 Å². The SMILES string of the molecule is C[C@@H](NC(=O)CC(c1ccccc1)c1ccccc1)c1ccc2c(c1)OCCO2. The first-order valence-corrected chi connectivity index (χ1v) is 9.99. The summed E-state index contributed by atoms with van der Waals surface area (Å²) >= 11 is 0. The quantitative estimate of drug-likeness (QED) is 0.657. The van der Waals surface area contributed by atoms with Crippen molar-refractivity contribution in [1.29, 1.82) is 0 Å². The molecule has 0 aliphatic carbocycles. The van der Waals surface area contributed by atoms with E-state index < -0.39 is 0 Å². The van der Waals surface area contributed by atoms with E-state index in [0.717, 1.165) is 28.2 Å². The molecule has 0 saturated heterocycles. The van der Waals surface area contributed by atoms with E-state index in [4.69, 9.17) is 9.47 Å². The Morgan fingerprint density at radius 1 is 0.828 bits per heavy atom. The minimum Gasteiger partial charge on any atom is -0.486 e. The van der Waals surface area contributed by atoms with Gasteiger partial charge in [0.1, 0.15) is 13.2 Å². The average Bonchev–Trinajstić information content (AvgIpc) is 2.78. The number of carbonyl (C=O) groups is 1. The van der Waals surface area contributed by atoms with Crippen LogP contribution in [0.15, 0.2) is 78.9 Å². The third kappa shape index (κ3) is 4.60. The molecule has 148 valence electrons. The van der Waals surface area contributed by atoms with Crippen LogP contribution in [0.3, 0.4) is 0 Å². The molecule has 4 heteroatoms. The summed E-state index contributed by atoms with van der Waals surface area (Å²) in [5, 5.41) is 3.14. The van der Waals surface area contributed by atoms with Crippen molar-refractivity contribution in [3.05, 3.63) is 95.6 Å². The molecule has 4 rings (SSSR count). The third-order valence-corrected chi connectivity index (χ3v) is 5.24. The largest absolute Gasteiger partial charge is 0.486 e. The number of carbonyl (C=O) groups excluding carboxylic acids is 1. The maximum atomic E-state index is 12.9. The van der Waals surface area contributed by atoms with E-state index in [2.05, 4.69) is 29.6 Å². The van der Waals surface area contributed by atoms with Crippen molar-refractivity contribution >= 4 is 5.91 Å². The van der Waals surface area contributed by atoms with Gasteiger partial charge in [0.25, 0.3) is 0 Å². The van der Waals surface area contributed by atoms with Crippen LogP contribution < -0.4 is 14.8 Å². The number of nitrogens with one attached hydrogen (secondary N) is 1. The van der Waals surface area contributed by atoms with Gasteiger partial charge in [0.2, 0.25) is 5.91 Å². The smallest absolute Gasteiger partial charge is 0.221 e. The van der Waals surface area contributed by atoms with Crippen molar-refractivity contribution in [2.45, 2.75) is 25.3 Å². The molecule has 0 radical (unpaired) electrons. The molecule has 1 N–H and O–H groups in total. The van der Waals surface area contributed by atoms with Gasteiger partial charge in [0, 0.05) is 12.3 Å². The summed E-state index contributed by atoms with van der Waals surface area (Å²) in [6.07, 6.45) is 0.392. The van der Waals surface area contributed by atoms with E-state index >= 15 is 0 Å². The van der Waals surface area contributed by atoms with Crippen LogP contribution in [0, 0.1) is 0 Å². The van der Waals surface area contributed by atoms with Gasteiger partial charge in [-0.15, -0.1) is 0 Å². The van der Waals surface area contributed by atoms with Crippen molar-refractivity contribution in [1.82, 2.24) is 5.32 Å².